The summed E-state index contributed by atoms with van der Waals surface area (Å²) in [4.78, 5) is 0. The molecule has 0 saturated carbocycles. The minimum Gasteiger partial charge on any atom is -1.00 e. The zero-order valence-corrected chi connectivity index (χ0v) is 54.2. The minimum absolute atomic E-state index is 0. The Labute approximate surface area is 479 Å². The van der Waals surface area contributed by atoms with Crippen LogP contribution in [-0.2, 0) is 10.8 Å². The highest BCUT2D eigenvalue weighted by molar-refractivity contribution is 14.1. The van der Waals surface area contributed by atoms with Gasteiger partial charge < -0.3 is 48.0 Å². The molecule has 70 heavy (non-hydrogen) atoms. The summed E-state index contributed by atoms with van der Waals surface area (Å²) in [5, 5.41) is 4.36. The van der Waals surface area contributed by atoms with Gasteiger partial charge in [-0.1, -0.05) is 90.0 Å². The van der Waals surface area contributed by atoms with Crippen molar-refractivity contribution in [3.63, 3.8) is 0 Å². The number of alkyl halides is 1. The van der Waals surface area contributed by atoms with Gasteiger partial charge in [-0.15, -0.1) is 0 Å². The quantitative estimate of drug-likeness (QED) is 0.0504. The first kappa shape index (κ1) is 64.3. The van der Waals surface area contributed by atoms with E-state index in [-0.39, 0.29) is 63.4 Å². The third kappa shape index (κ3) is 17.4. The summed E-state index contributed by atoms with van der Waals surface area (Å²) in [6, 6.07) is 40.4. The lowest BCUT2D eigenvalue weighted by Crippen LogP contribution is -3.00. The summed E-state index contributed by atoms with van der Waals surface area (Å²) in [6.45, 7) is 35.2. The number of nitrogens with zero attached hydrogens (tertiary/aromatic N) is 4. The predicted octanol–water partition coefficient (Wildman–Crippen LogP) is 7.21. The Morgan fingerprint density at radius 1 is 0.543 bits per heavy atom. The van der Waals surface area contributed by atoms with Crippen molar-refractivity contribution in [2.24, 2.45) is 0 Å². The highest BCUT2D eigenvalue weighted by atomic mass is 127. The van der Waals surface area contributed by atoms with E-state index in [4.69, 9.17) is 22.7 Å². The van der Waals surface area contributed by atoms with Crippen LogP contribution in [0, 0.1) is 41.5 Å². The van der Waals surface area contributed by atoms with E-state index in [0.717, 1.165) is 10.8 Å². The molecular formula is C57H78B3I3N4P3+3. The normalized spacial score (nSPS) is 13.4. The van der Waals surface area contributed by atoms with Gasteiger partial charge in [0.15, 0.2) is 6.29 Å². The van der Waals surface area contributed by atoms with Crippen LogP contribution in [0.4, 0.5) is 0 Å². The number of rotatable bonds is 8. The number of aryl methyl sites for hydroxylation is 6. The molecule has 5 aromatic carbocycles. The monoisotopic (exact) mass is 1330 g/mol. The lowest BCUT2D eigenvalue weighted by atomic mass is 10.1. The molecular weight excluding hydrogens is 1250 g/mol. The van der Waals surface area contributed by atoms with Crippen molar-refractivity contribution in [2.75, 3.05) is 6.66 Å². The molecule has 0 aliphatic rings. The first-order valence-corrected chi connectivity index (χ1v) is 31.0. The molecule has 4 nitrogen and oxygen atoms in total. The van der Waals surface area contributed by atoms with Gasteiger partial charge in [0.2, 0.25) is 6.33 Å². The standard InChI is InChI=1S/C23H30BN2P.C13H16IN2.C11H17BP.C10H15BP.2HI/c1-18-14-19(2)22(20(3)15-18)26-13-12-25(16-26)17-27(24,23(4,5)6)21-10-8-7-9-11-21;1-10-6-11(2)13(12(3)7-10)16-5-4-15(8-14)9-16;1-11(2,3)13(4,12)10-8-6-5-7-9-10;1-10(2,3)12(11)9-7-5-4-6-8-9;;/h7-16H,17H2,1-6H3;4-7,9H,8H2,1-3H3;5-9H,1-4H3;4-8,12H,1-3H3;2*1H/q+2;3*+1;;/p-2. The van der Waals surface area contributed by atoms with Crippen LogP contribution >= 0.6 is 44.7 Å². The molecule has 6 radical (unpaired) electrons. The van der Waals surface area contributed by atoms with Crippen LogP contribution in [0.3, 0.4) is 0 Å². The van der Waals surface area contributed by atoms with Crippen LogP contribution in [-0.4, -0.2) is 54.0 Å². The van der Waals surface area contributed by atoms with Crippen LogP contribution in [0.15, 0.2) is 153 Å². The van der Waals surface area contributed by atoms with Crippen molar-refractivity contribution in [2.45, 2.75) is 130 Å². The van der Waals surface area contributed by atoms with E-state index < -0.39 is 22.1 Å². The number of aromatic nitrogens is 4. The number of halogens is 3. The van der Waals surface area contributed by atoms with Crippen molar-refractivity contribution < 1.29 is 57.1 Å². The maximum absolute atomic E-state index is 7.14. The molecule has 3 unspecified atom stereocenters. The molecule has 0 saturated heterocycles. The summed E-state index contributed by atoms with van der Waals surface area (Å²) in [6.07, 6.45) is 13.7. The first-order chi connectivity index (χ1) is 31.6. The van der Waals surface area contributed by atoms with E-state index in [1.54, 1.807) is 0 Å². The first-order valence-electron chi connectivity index (χ1n) is 23.6. The maximum Gasteiger partial charge on any atom is 0.376 e. The molecule has 7 rings (SSSR count). The molecule has 0 N–H and O–H groups in total. The van der Waals surface area contributed by atoms with Crippen LogP contribution in [0.1, 0.15) is 95.7 Å². The van der Waals surface area contributed by atoms with Gasteiger partial charge in [0.1, 0.15) is 40.7 Å². The lowest BCUT2D eigenvalue weighted by molar-refractivity contribution is -0.677. The van der Waals surface area contributed by atoms with Crippen LogP contribution in [0.2, 0.25) is 0 Å². The summed E-state index contributed by atoms with van der Waals surface area (Å²) >= 11 is 2.36. The van der Waals surface area contributed by atoms with Gasteiger partial charge in [0.05, 0.1) is 31.4 Å². The summed E-state index contributed by atoms with van der Waals surface area (Å²) in [7, 11) is 15.5. The predicted molar refractivity (Wildman–Crippen MR) is 317 cm³/mol. The second kappa shape index (κ2) is 27.6. The fraction of sp³-hybridized carbons (Fsp3) is 0.368. The van der Waals surface area contributed by atoms with E-state index in [9.17, 15) is 0 Å². The van der Waals surface area contributed by atoms with Crippen molar-refractivity contribution in [3.8, 4) is 11.4 Å². The summed E-state index contributed by atoms with van der Waals surface area (Å²) < 4.78 is 9.82. The Balaban J connectivity index is 0.000000337. The molecule has 0 fully saturated rings. The Bertz CT molecular complexity index is 2630. The van der Waals surface area contributed by atoms with E-state index in [1.165, 1.54) is 60.7 Å². The van der Waals surface area contributed by atoms with Crippen LogP contribution < -0.4 is 73.0 Å². The average molecular weight is 1330 g/mol. The number of benzene rings is 5. The zero-order chi connectivity index (χ0) is 50.8. The Morgan fingerprint density at radius 2 is 0.900 bits per heavy atom. The molecule has 0 aliphatic heterocycles. The summed E-state index contributed by atoms with van der Waals surface area (Å²) in [5.41, 5.74) is 10.4. The molecule has 3 atom stereocenters. The second-order valence-electron chi connectivity index (χ2n) is 21.4. The van der Waals surface area contributed by atoms with Gasteiger partial charge in [0.25, 0.3) is 6.33 Å². The average Bonchev–Trinajstić information content (AvgIpc) is 3.93. The largest absolute Gasteiger partial charge is 1.00 e. The summed E-state index contributed by atoms with van der Waals surface area (Å²) in [5.74, 6) is 0. The van der Waals surface area contributed by atoms with Gasteiger partial charge >= 0.3 is 22.7 Å². The molecule has 7 aromatic rings. The molecule has 0 bridgehead atoms. The van der Waals surface area contributed by atoms with E-state index in [1.807, 2.05) is 12.1 Å². The van der Waals surface area contributed by atoms with Gasteiger partial charge in [-0.2, -0.15) is 0 Å². The van der Waals surface area contributed by atoms with E-state index >= 15 is 0 Å². The van der Waals surface area contributed by atoms with Crippen molar-refractivity contribution >= 4 is 83.3 Å². The molecule has 2 aromatic heterocycles. The lowest BCUT2D eigenvalue weighted by Gasteiger charge is -2.34. The highest BCUT2D eigenvalue weighted by Crippen LogP contribution is 2.64. The van der Waals surface area contributed by atoms with Crippen molar-refractivity contribution in [3.05, 3.63) is 186 Å². The van der Waals surface area contributed by atoms with Gasteiger partial charge in [-0.3, -0.25) is 0 Å². The topological polar surface area (TPSA) is 17.6 Å². The fourth-order valence-electron chi connectivity index (χ4n) is 8.18. The molecule has 0 aliphatic carbocycles. The van der Waals surface area contributed by atoms with Crippen LogP contribution in [0.25, 0.3) is 11.4 Å². The van der Waals surface area contributed by atoms with Gasteiger partial charge in [0, 0.05) is 13.8 Å². The van der Waals surface area contributed by atoms with Gasteiger partial charge in [-0.05, 0) is 200 Å². The van der Waals surface area contributed by atoms with Crippen molar-refractivity contribution in [1.82, 2.24) is 9.13 Å². The third-order valence-corrected chi connectivity index (χ3v) is 24.6. The highest BCUT2D eigenvalue weighted by Gasteiger charge is 2.48. The SMILES string of the molecule is Cc1cc(C)c(-n2cc[n+](CI)c2)c(C)c1.[B][P+](C)(c1ccccc1)C(C)(C)C.[B][P+](C[n+]1ccn(-c2c(C)cc(C)cc2C)c1)(c1ccccc1)C(C)(C)C.[B][PH+](c1ccccc1)C(C)(C)C.[I-].[I-]. The molecule has 2 heterocycles. The zero-order valence-electron chi connectivity index (χ0n) is 44.9. The fourth-order valence-corrected chi connectivity index (χ4v) is 14.3. The van der Waals surface area contributed by atoms with Gasteiger partial charge in [-0.25, -0.2) is 18.3 Å². The Kier molecular flexibility index (Phi) is 25.4. The molecule has 0 spiro atoms. The third-order valence-electron chi connectivity index (χ3n) is 12.7. The maximum atomic E-state index is 7.14. The molecule has 368 valence electrons. The Morgan fingerprint density at radius 3 is 1.24 bits per heavy atom. The van der Waals surface area contributed by atoms with E-state index in [2.05, 4.69) is 292 Å². The van der Waals surface area contributed by atoms with E-state index in [0.29, 0.717) is 0 Å². The Hall–Kier alpha value is -1.81. The number of hydrogen-bond donors (Lipinski definition) is 0. The van der Waals surface area contributed by atoms with Crippen molar-refractivity contribution in [1.29, 1.82) is 0 Å². The second-order valence-corrected chi connectivity index (χ2v) is 32.9. The smallest absolute Gasteiger partial charge is 0.376 e. The molecule has 0 amide bonds. The molecule has 13 heteroatoms. The van der Waals surface area contributed by atoms with Crippen LogP contribution in [0.5, 0.6) is 0 Å². The number of hydrogen-bond acceptors (Lipinski definition) is 0. The minimum atomic E-state index is -1.89. The number of imidazole rings is 2.